The van der Waals surface area contributed by atoms with Crippen LogP contribution in [0.2, 0.25) is 0 Å². The summed E-state index contributed by atoms with van der Waals surface area (Å²) in [6, 6.07) is 5.21. The number of aromatic nitrogens is 1. The van der Waals surface area contributed by atoms with Crippen molar-refractivity contribution in [1.82, 2.24) is 10.3 Å². The summed E-state index contributed by atoms with van der Waals surface area (Å²) < 4.78 is 25.6. The van der Waals surface area contributed by atoms with Gasteiger partial charge in [-0.05, 0) is 38.8 Å². The number of nitrogens with one attached hydrogen (secondary N) is 2. The van der Waals surface area contributed by atoms with Gasteiger partial charge in [-0.25, -0.2) is 13.8 Å². The molecule has 0 atom stereocenters. The summed E-state index contributed by atoms with van der Waals surface area (Å²) in [7, 11) is 0. The molecule has 2 rings (SSSR count). The first-order chi connectivity index (χ1) is 9.73. The van der Waals surface area contributed by atoms with Crippen molar-refractivity contribution >= 4 is 5.82 Å². The topological polar surface area (TPSA) is 37.0 Å². The van der Waals surface area contributed by atoms with Crippen LogP contribution >= 0.6 is 0 Å². The monoisotopic (exact) mass is 293 g/mol. The highest BCUT2D eigenvalue weighted by atomic mass is 19.3. The molecule has 1 heterocycles. The molecule has 2 N–H and O–H groups in total. The molecule has 1 aromatic rings. The number of alkyl halides is 2. The quantitative estimate of drug-likeness (QED) is 0.841. The minimum absolute atomic E-state index is 0.0287. The highest BCUT2D eigenvalue weighted by Gasteiger charge is 2.45. The lowest BCUT2D eigenvalue weighted by Gasteiger charge is -2.35. The van der Waals surface area contributed by atoms with E-state index in [2.05, 4.69) is 48.2 Å². The van der Waals surface area contributed by atoms with Crippen LogP contribution < -0.4 is 10.6 Å². The Labute approximate surface area is 124 Å². The summed E-state index contributed by atoms with van der Waals surface area (Å²) in [4.78, 5) is 4.32. The first-order valence-electron chi connectivity index (χ1n) is 7.09. The van der Waals surface area contributed by atoms with Gasteiger partial charge in [0.25, 0.3) is 5.92 Å². The molecule has 0 amide bonds. The largest absolute Gasteiger partial charge is 0.367 e. The summed E-state index contributed by atoms with van der Waals surface area (Å²) in [5.41, 5.74) is 0.669. The van der Waals surface area contributed by atoms with E-state index >= 15 is 0 Å². The number of hydrogen-bond acceptors (Lipinski definition) is 3. The number of rotatable bonds is 3. The lowest BCUT2D eigenvalue weighted by molar-refractivity contribution is -0.0794. The Morgan fingerprint density at radius 1 is 1.33 bits per heavy atom. The van der Waals surface area contributed by atoms with E-state index in [1.165, 1.54) is 0 Å². The van der Waals surface area contributed by atoms with Crippen molar-refractivity contribution in [2.45, 2.75) is 51.1 Å². The number of halogens is 2. The second-order valence-corrected chi connectivity index (χ2v) is 6.42. The van der Waals surface area contributed by atoms with E-state index in [9.17, 15) is 8.78 Å². The smallest absolute Gasteiger partial charge is 0.252 e. The van der Waals surface area contributed by atoms with Gasteiger partial charge in [-0.2, -0.15) is 0 Å². The third-order valence-corrected chi connectivity index (χ3v) is 3.11. The molecule has 0 aromatic carbocycles. The van der Waals surface area contributed by atoms with Crippen molar-refractivity contribution in [3.63, 3.8) is 0 Å². The molecule has 0 radical (unpaired) electrons. The molecular weight excluding hydrogens is 272 g/mol. The fourth-order valence-electron chi connectivity index (χ4n) is 2.00. The van der Waals surface area contributed by atoms with E-state index in [1.54, 1.807) is 6.07 Å². The molecule has 0 spiro atoms. The second-order valence-electron chi connectivity index (χ2n) is 6.42. The molecule has 0 bridgehead atoms. The van der Waals surface area contributed by atoms with Crippen LogP contribution in [0.4, 0.5) is 14.6 Å². The normalized spacial score (nSPS) is 17.6. The van der Waals surface area contributed by atoms with E-state index in [4.69, 9.17) is 0 Å². The van der Waals surface area contributed by atoms with Gasteiger partial charge in [0.15, 0.2) is 0 Å². The Morgan fingerprint density at radius 2 is 2.05 bits per heavy atom. The van der Waals surface area contributed by atoms with Crippen molar-refractivity contribution in [2.75, 3.05) is 11.9 Å². The fraction of sp³-hybridized carbons (Fsp3) is 0.562. The molecule has 3 nitrogen and oxygen atoms in total. The van der Waals surface area contributed by atoms with Crippen molar-refractivity contribution < 1.29 is 8.78 Å². The summed E-state index contributed by atoms with van der Waals surface area (Å²) in [5, 5.41) is 6.28. The molecule has 1 saturated carbocycles. The van der Waals surface area contributed by atoms with E-state index < -0.39 is 5.92 Å². The lowest BCUT2D eigenvalue weighted by atomic mass is 9.88. The van der Waals surface area contributed by atoms with E-state index in [1.807, 2.05) is 12.1 Å². The SMILES string of the molecule is CC(C)(C)NCC#Cc1cccc(NC2CC(F)(F)C2)n1. The van der Waals surface area contributed by atoms with Gasteiger partial charge in [0.05, 0.1) is 6.54 Å². The Balaban J connectivity index is 1.88. The third kappa shape index (κ3) is 5.31. The summed E-state index contributed by atoms with van der Waals surface area (Å²) in [5.74, 6) is 4.06. The molecular formula is C16H21F2N3. The maximum absolute atomic E-state index is 12.8. The number of hydrogen-bond donors (Lipinski definition) is 2. The Bertz CT molecular complexity index is 545. The molecule has 21 heavy (non-hydrogen) atoms. The van der Waals surface area contributed by atoms with Crippen molar-refractivity contribution in [3.8, 4) is 11.8 Å². The Hall–Kier alpha value is -1.67. The lowest BCUT2D eigenvalue weighted by Crippen LogP contribution is -2.44. The first kappa shape index (κ1) is 15.7. The van der Waals surface area contributed by atoms with Crippen LogP contribution in [-0.2, 0) is 0 Å². The van der Waals surface area contributed by atoms with Crippen LogP contribution in [0.15, 0.2) is 18.2 Å². The minimum atomic E-state index is -2.52. The first-order valence-corrected chi connectivity index (χ1v) is 7.09. The summed E-state index contributed by atoms with van der Waals surface area (Å²) >= 11 is 0. The Kier molecular flexibility index (Phi) is 4.48. The standard InChI is InChI=1S/C16H21F2N3/c1-15(2,3)19-9-5-7-12-6-4-8-14(20-12)21-13-10-16(17,18)11-13/h4,6,8,13,19H,9-11H2,1-3H3,(H,20,21). The van der Waals surface area contributed by atoms with Gasteiger partial charge in [-0.1, -0.05) is 12.0 Å². The number of pyridine rings is 1. The fourth-order valence-corrected chi connectivity index (χ4v) is 2.00. The molecule has 1 aliphatic rings. The second kappa shape index (κ2) is 5.98. The third-order valence-electron chi connectivity index (χ3n) is 3.11. The molecule has 0 aliphatic heterocycles. The molecule has 0 unspecified atom stereocenters. The Morgan fingerprint density at radius 3 is 2.67 bits per heavy atom. The van der Waals surface area contributed by atoms with Gasteiger partial charge in [-0.3, -0.25) is 0 Å². The molecule has 1 fully saturated rings. The average molecular weight is 293 g/mol. The van der Waals surface area contributed by atoms with Crippen LogP contribution in [-0.4, -0.2) is 29.0 Å². The summed E-state index contributed by atoms with van der Waals surface area (Å²) in [6.45, 7) is 6.81. The molecule has 1 aromatic heterocycles. The predicted molar refractivity (Wildman–Crippen MR) is 80.5 cm³/mol. The zero-order valence-corrected chi connectivity index (χ0v) is 12.6. The van der Waals surface area contributed by atoms with Crippen LogP contribution in [0.3, 0.4) is 0 Å². The molecule has 5 heteroatoms. The zero-order valence-electron chi connectivity index (χ0n) is 12.6. The average Bonchev–Trinajstić information content (AvgIpc) is 2.32. The maximum Gasteiger partial charge on any atom is 0.252 e. The molecule has 1 aliphatic carbocycles. The molecule has 0 saturated heterocycles. The van der Waals surface area contributed by atoms with E-state index in [-0.39, 0.29) is 24.4 Å². The highest BCUT2D eigenvalue weighted by Crippen LogP contribution is 2.38. The molecule has 114 valence electrons. The van der Waals surface area contributed by atoms with Crippen LogP contribution in [0, 0.1) is 11.8 Å². The highest BCUT2D eigenvalue weighted by molar-refractivity contribution is 5.41. The van der Waals surface area contributed by atoms with Gasteiger partial charge < -0.3 is 10.6 Å². The zero-order chi connectivity index (χ0) is 15.5. The van der Waals surface area contributed by atoms with Gasteiger partial charge in [0.2, 0.25) is 0 Å². The summed E-state index contributed by atoms with van der Waals surface area (Å²) in [6.07, 6.45) is -0.250. The minimum Gasteiger partial charge on any atom is -0.367 e. The van der Waals surface area contributed by atoms with Gasteiger partial charge in [-0.15, -0.1) is 0 Å². The predicted octanol–water partition coefficient (Wildman–Crippen LogP) is 3.03. The van der Waals surface area contributed by atoms with Crippen molar-refractivity contribution in [1.29, 1.82) is 0 Å². The maximum atomic E-state index is 12.8. The van der Waals surface area contributed by atoms with Crippen LogP contribution in [0.1, 0.15) is 39.3 Å². The van der Waals surface area contributed by atoms with Gasteiger partial charge in [0.1, 0.15) is 11.5 Å². The van der Waals surface area contributed by atoms with Crippen LogP contribution in [0.25, 0.3) is 0 Å². The van der Waals surface area contributed by atoms with E-state index in [0.29, 0.717) is 18.1 Å². The van der Waals surface area contributed by atoms with Gasteiger partial charge in [0, 0.05) is 24.4 Å². The van der Waals surface area contributed by atoms with Crippen molar-refractivity contribution in [2.24, 2.45) is 0 Å². The van der Waals surface area contributed by atoms with E-state index in [0.717, 1.165) is 0 Å². The number of anilines is 1. The number of nitrogens with zero attached hydrogens (tertiary/aromatic N) is 1. The van der Waals surface area contributed by atoms with Crippen molar-refractivity contribution in [3.05, 3.63) is 23.9 Å². The van der Waals surface area contributed by atoms with Gasteiger partial charge >= 0.3 is 0 Å². The van der Waals surface area contributed by atoms with Crippen LogP contribution in [0.5, 0.6) is 0 Å².